The molecule has 0 bridgehead atoms. The van der Waals surface area contributed by atoms with E-state index in [1.807, 2.05) is 0 Å². The molecule has 0 radical (unpaired) electrons. The van der Waals surface area contributed by atoms with Gasteiger partial charge in [-0.15, -0.1) is 10.2 Å². The normalized spacial score (nSPS) is 10.2. The number of anilines is 1. The Balaban J connectivity index is 2.27. The summed E-state index contributed by atoms with van der Waals surface area (Å²) < 4.78 is 13.7. The third-order valence-electron chi connectivity index (χ3n) is 2.38. The molecule has 7 nitrogen and oxygen atoms in total. The van der Waals surface area contributed by atoms with E-state index in [2.05, 4.69) is 15.5 Å². The van der Waals surface area contributed by atoms with Crippen molar-refractivity contribution in [2.24, 2.45) is 0 Å². The van der Waals surface area contributed by atoms with E-state index in [0.29, 0.717) is 6.07 Å². The molecular weight excluding hydrogens is 326 g/mol. The van der Waals surface area contributed by atoms with E-state index >= 15 is 0 Å². The molecular formula is C11H5Cl2FN4O3. The summed E-state index contributed by atoms with van der Waals surface area (Å²) in [4.78, 5) is 21.7. The Kier molecular flexibility index (Phi) is 4.29. The van der Waals surface area contributed by atoms with E-state index in [9.17, 15) is 19.3 Å². The Morgan fingerprint density at radius 2 is 2.00 bits per heavy atom. The van der Waals surface area contributed by atoms with Gasteiger partial charge in [0.05, 0.1) is 22.2 Å². The van der Waals surface area contributed by atoms with Crippen LogP contribution >= 0.6 is 23.2 Å². The number of nitrogens with one attached hydrogen (secondary N) is 1. The van der Waals surface area contributed by atoms with Crippen molar-refractivity contribution in [3.05, 3.63) is 56.1 Å². The number of nitro benzene ring substituents is 1. The maximum Gasteiger partial charge on any atom is 0.272 e. The van der Waals surface area contributed by atoms with Gasteiger partial charge in [0.2, 0.25) is 0 Å². The van der Waals surface area contributed by atoms with Crippen LogP contribution in [0.25, 0.3) is 0 Å². The Hall–Kier alpha value is -2.32. The number of amides is 1. The van der Waals surface area contributed by atoms with Gasteiger partial charge in [-0.1, -0.05) is 23.2 Å². The minimum absolute atomic E-state index is 0.0614. The predicted octanol–water partition coefficient (Wildman–Crippen LogP) is 3.08. The highest BCUT2D eigenvalue weighted by atomic mass is 35.5. The van der Waals surface area contributed by atoms with Gasteiger partial charge in [0.25, 0.3) is 11.6 Å². The van der Waals surface area contributed by atoms with Crippen molar-refractivity contribution in [3.8, 4) is 0 Å². The number of benzene rings is 1. The average molecular weight is 331 g/mol. The van der Waals surface area contributed by atoms with Crippen LogP contribution in [-0.2, 0) is 0 Å². The van der Waals surface area contributed by atoms with Gasteiger partial charge in [-0.05, 0) is 12.1 Å². The first kappa shape index (κ1) is 15.1. The second kappa shape index (κ2) is 5.98. The lowest BCUT2D eigenvalue weighted by molar-refractivity contribution is -0.385. The molecule has 0 aliphatic rings. The summed E-state index contributed by atoms with van der Waals surface area (Å²) in [6, 6.07) is 3.97. The molecule has 0 aliphatic carbocycles. The van der Waals surface area contributed by atoms with Gasteiger partial charge in [0.15, 0.2) is 16.1 Å². The van der Waals surface area contributed by atoms with Crippen LogP contribution in [0.2, 0.25) is 10.3 Å². The third kappa shape index (κ3) is 3.41. The molecule has 1 amide bonds. The van der Waals surface area contributed by atoms with Gasteiger partial charge in [-0.25, -0.2) is 4.39 Å². The van der Waals surface area contributed by atoms with Crippen molar-refractivity contribution in [3.63, 3.8) is 0 Å². The van der Waals surface area contributed by atoms with Crippen LogP contribution in [-0.4, -0.2) is 21.0 Å². The number of halogens is 3. The van der Waals surface area contributed by atoms with Gasteiger partial charge in [-0.2, -0.15) is 0 Å². The summed E-state index contributed by atoms with van der Waals surface area (Å²) in [5.41, 5.74) is -0.777. The fraction of sp³-hybridized carbons (Fsp3) is 0. The van der Waals surface area contributed by atoms with Crippen molar-refractivity contribution in [2.45, 2.75) is 0 Å². The second-order valence-electron chi connectivity index (χ2n) is 3.75. The molecule has 21 heavy (non-hydrogen) atoms. The van der Waals surface area contributed by atoms with Gasteiger partial charge >= 0.3 is 0 Å². The van der Waals surface area contributed by atoms with Crippen LogP contribution in [0.15, 0.2) is 24.3 Å². The van der Waals surface area contributed by atoms with Crippen molar-refractivity contribution >= 4 is 40.5 Å². The highest BCUT2D eigenvalue weighted by Crippen LogP contribution is 2.22. The van der Waals surface area contributed by atoms with E-state index < -0.39 is 22.3 Å². The minimum atomic E-state index is -0.957. The van der Waals surface area contributed by atoms with Gasteiger partial charge in [-0.3, -0.25) is 14.9 Å². The topological polar surface area (TPSA) is 98.0 Å². The number of aromatic nitrogens is 2. The van der Waals surface area contributed by atoms with Crippen molar-refractivity contribution in [1.29, 1.82) is 0 Å². The maximum atomic E-state index is 13.7. The maximum absolute atomic E-state index is 13.7. The van der Waals surface area contributed by atoms with E-state index in [0.717, 1.165) is 18.2 Å². The number of non-ortho nitro benzene ring substituents is 1. The minimum Gasteiger partial charge on any atom is -0.319 e. The highest BCUT2D eigenvalue weighted by Gasteiger charge is 2.17. The molecule has 10 heteroatoms. The number of nitro groups is 1. The quantitative estimate of drug-likeness (QED) is 0.688. The van der Waals surface area contributed by atoms with Crippen molar-refractivity contribution in [2.75, 3.05) is 5.32 Å². The number of carbonyl (C=O) groups is 1. The first-order valence-electron chi connectivity index (χ1n) is 5.32. The molecule has 1 N–H and O–H groups in total. The smallest absolute Gasteiger partial charge is 0.272 e. The first-order chi connectivity index (χ1) is 9.88. The van der Waals surface area contributed by atoms with Crippen LogP contribution in [0, 0.1) is 15.9 Å². The highest BCUT2D eigenvalue weighted by molar-refractivity contribution is 6.34. The zero-order valence-corrected chi connectivity index (χ0v) is 11.5. The number of rotatable bonds is 3. The Labute approximate surface area is 126 Å². The standard InChI is InChI=1S/C11H5Cl2FN4O3/c12-9-4-6(10(13)17-16-9)11(19)15-8-2-1-5(18(20)21)3-7(8)14/h1-4H,(H,15,19). The zero-order chi connectivity index (χ0) is 15.6. The van der Waals surface area contributed by atoms with E-state index in [1.54, 1.807) is 0 Å². The lowest BCUT2D eigenvalue weighted by Gasteiger charge is -2.07. The third-order valence-corrected chi connectivity index (χ3v) is 2.84. The summed E-state index contributed by atoms with van der Waals surface area (Å²) in [6.07, 6.45) is 0. The number of nitrogens with zero attached hydrogens (tertiary/aromatic N) is 3. The molecule has 1 heterocycles. The Bertz CT molecular complexity index is 741. The lowest BCUT2D eigenvalue weighted by Crippen LogP contribution is -2.14. The Morgan fingerprint density at radius 3 is 2.62 bits per heavy atom. The molecule has 0 unspecified atom stereocenters. The summed E-state index contributed by atoms with van der Waals surface area (Å²) in [6.45, 7) is 0. The summed E-state index contributed by atoms with van der Waals surface area (Å²) in [7, 11) is 0. The van der Waals surface area contributed by atoms with Crippen LogP contribution in [0.1, 0.15) is 10.4 Å². The molecule has 0 saturated carbocycles. The molecule has 0 atom stereocenters. The van der Waals surface area contributed by atoms with Crippen molar-refractivity contribution < 1.29 is 14.1 Å². The lowest BCUT2D eigenvalue weighted by atomic mass is 10.2. The first-order valence-corrected chi connectivity index (χ1v) is 6.08. The number of hydrogen-bond acceptors (Lipinski definition) is 5. The molecule has 1 aromatic heterocycles. The van der Waals surface area contributed by atoms with Crippen LogP contribution in [0.3, 0.4) is 0 Å². The predicted molar refractivity (Wildman–Crippen MR) is 73.1 cm³/mol. The number of carbonyl (C=O) groups excluding carboxylic acids is 1. The summed E-state index contributed by atoms with van der Waals surface area (Å²) >= 11 is 11.3. The molecule has 0 saturated heterocycles. The van der Waals surface area contributed by atoms with E-state index in [1.165, 1.54) is 0 Å². The summed E-state index contributed by atoms with van der Waals surface area (Å²) in [5.74, 6) is -1.73. The molecule has 0 spiro atoms. The van der Waals surface area contributed by atoms with Crippen LogP contribution in [0.5, 0.6) is 0 Å². The molecule has 2 aromatic rings. The van der Waals surface area contributed by atoms with Gasteiger partial charge in [0, 0.05) is 6.07 Å². The summed E-state index contributed by atoms with van der Waals surface area (Å²) in [5, 5.41) is 19.3. The van der Waals surface area contributed by atoms with E-state index in [-0.39, 0.29) is 21.6 Å². The SMILES string of the molecule is O=C(Nc1ccc([N+](=O)[O-])cc1F)c1cc(Cl)nnc1Cl. The van der Waals surface area contributed by atoms with E-state index in [4.69, 9.17) is 23.2 Å². The monoisotopic (exact) mass is 330 g/mol. The Morgan fingerprint density at radius 1 is 1.29 bits per heavy atom. The zero-order valence-electron chi connectivity index (χ0n) is 10.0. The molecule has 0 aliphatic heterocycles. The van der Waals surface area contributed by atoms with Crippen LogP contribution < -0.4 is 5.32 Å². The average Bonchev–Trinajstić information content (AvgIpc) is 2.43. The fourth-order valence-electron chi connectivity index (χ4n) is 1.42. The molecule has 2 rings (SSSR count). The van der Waals surface area contributed by atoms with Crippen LogP contribution in [0.4, 0.5) is 15.8 Å². The van der Waals surface area contributed by atoms with Gasteiger partial charge < -0.3 is 5.32 Å². The molecule has 0 fully saturated rings. The largest absolute Gasteiger partial charge is 0.319 e. The van der Waals surface area contributed by atoms with Crippen molar-refractivity contribution in [1.82, 2.24) is 10.2 Å². The van der Waals surface area contributed by atoms with Gasteiger partial charge in [0.1, 0.15) is 0 Å². The molecule has 108 valence electrons. The molecule has 1 aromatic carbocycles. The number of hydrogen-bond donors (Lipinski definition) is 1. The second-order valence-corrected chi connectivity index (χ2v) is 4.49. The fourth-order valence-corrected chi connectivity index (χ4v) is 1.75.